The summed E-state index contributed by atoms with van der Waals surface area (Å²) in [5, 5.41) is 5.39. The van der Waals surface area contributed by atoms with E-state index in [2.05, 4.69) is 10.6 Å². The molecule has 122 valence electrons. The van der Waals surface area contributed by atoms with Crippen LogP contribution in [-0.2, 0) is 19.1 Å². The van der Waals surface area contributed by atoms with Crippen LogP contribution in [0.25, 0.3) is 0 Å². The van der Waals surface area contributed by atoms with E-state index < -0.39 is 17.7 Å². The first-order valence-electron chi connectivity index (χ1n) is 7.00. The molecule has 0 aromatic heterocycles. The van der Waals surface area contributed by atoms with Crippen LogP contribution in [0, 0.1) is 6.92 Å². The molecule has 1 aromatic carbocycles. The third kappa shape index (κ3) is 3.50. The van der Waals surface area contributed by atoms with Gasteiger partial charge in [-0.2, -0.15) is 0 Å². The summed E-state index contributed by atoms with van der Waals surface area (Å²) in [7, 11) is 1.54. The third-order valence-corrected chi connectivity index (χ3v) is 3.29. The van der Waals surface area contributed by atoms with Crippen molar-refractivity contribution in [3.05, 3.63) is 41.1 Å². The Labute approximate surface area is 133 Å². The second-order valence-corrected chi connectivity index (χ2v) is 5.44. The monoisotopic (exact) mass is 318 g/mol. The highest BCUT2D eigenvalue weighted by Gasteiger charge is 2.38. The lowest BCUT2D eigenvalue weighted by Gasteiger charge is -2.29. The molecule has 1 fully saturated rings. The van der Waals surface area contributed by atoms with Gasteiger partial charge in [-0.15, -0.1) is 0 Å². The number of hydrogen-bond donors (Lipinski definition) is 2. The van der Waals surface area contributed by atoms with Crippen LogP contribution in [0.3, 0.4) is 0 Å². The number of ether oxygens (including phenoxy) is 2. The van der Waals surface area contributed by atoms with Gasteiger partial charge in [0.25, 0.3) is 11.7 Å². The molecule has 2 N–H and O–H groups in total. The molecule has 0 atom stereocenters. The minimum Gasteiger partial charge on any atom is -0.419 e. The quantitative estimate of drug-likeness (QED) is 0.498. The van der Waals surface area contributed by atoms with Crippen molar-refractivity contribution < 1.29 is 23.9 Å². The van der Waals surface area contributed by atoms with Crippen LogP contribution in [0.2, 0.25) is 0 Å². The zero-order valence-corrected chi connectivity index (χ0v) is 13.4. The molecule has 0 spiro atoms. The van der Waals surface area contributed by atoms with Crippen molar-refractivity contribution >= 4 is 23.5 Å². The van der Waals surface area contributed by atoms with Crippen LogP contribution in [0.4, 0.5) is 5.69 Å². The second-order valence-electron chi connectivity index (χ2n) is 5.44. The molecule has 2 rings (SSSR count). The normalized spacial score (nSPS) is 16.3. The summed E-state index contributed by atoms with van der Waals surface area (Å²) in [5.41, 5.74) is 1.52. The highest BCUT2D eigenvalue weighted by Crippen LogP contribution is 2.24. The molecule has 0 unspecified atom stereocenters. The molecular formula is C16H18N2O5. The Kier molecular flexibility index (Phi) is 4.40. The van der Waals surface area contributed by atoms with Gasteiger partial charge < -0.3 is 20.1 Å². The Morgan fingerprint density at radius 1 is 1.17 bits per heavy atom. The van der Waals surface area contributed by atoms with Crippen molar-refractivity contribution in [2.45, 2.75) is 26.6 Å². The second kappa shape index (κ2) is 6.12. The van der Waals surface area contributed by atoms with E-state index in [9.17, 15) is 14.4 Å². The van der Waals surface area contributed by atoms with Gasteiger partial charge in [0.05, 0.1) is 0 Å². The van der Waals surface area contributed by atoms with Gasteiger partial charge in [-0.3, -0.25) is 4.79 Å². The number of rotatable bonds is 3. The predicted octanol–water partition coefficient (Wildman–Crippen LogP) is 1.49. The van der Waals surface area contributed by atoms with Crippen molar-refractivity contribution in [3.63, 3.8) is 0 Å². The zero-order valence-electron chi connectivity index (χ0n) is 13.4. The molecule has 1 aromatic rings. The molecule has 7 nitrogen and oxygen atoms in total. The van der Waals surface area contributed by atoms with E-state index >= 15 is 0 Å². The summed E-state index contributed by atoms with van der Waals surface area (Å²) in [6.07, 6.45) is 1.22. The van der Waals surface area contributed by atoms with Gasteiger partial charge in [0.15, 0.2) is 5.57 Å². The predicted molar refractivity (Wildman–Crippen MR) is 82.5 cm³/mol. The summed E-state index contributed by atoms with van der Waals surface area (Å²) in [4.78, 5) is 35.5. The van der Waals surface area contributed by atoms with E-state index in [1.165, 1.54) is 20.0 Å². The molecule has 23 heavy (non-hydrogen) atoms. The van der Waals surface area contributed by atoms with Crippen LogP contribution in [0.5, 0.6) is 0 Å². The molecule has 0 saturated carbocycles. The molecule has 0 radical (unpaired) electrons. The Bertz CT molecular complexity index is 684. The van der Waals surface area contributed by atoms with E-state index in [4.69, 9.17) is 9.47 Å². The highest BCUT2D eigenvalue weighted by atomic mass is 16.7. The number of amides is 1. The average molecular weight is 318 g/mol. The number of benzene rings is 1. The van der Waals surface area contributed by atoms with E-state index in [0.717, 1.165) is 0 Å². The van der Waals surface area contributed by atoms with Gasteiger partial charge in [0.1, 0.15) is 0 Å². The van der Waals surface area contributed by atoms with Crippen molar-refractivity contribution in [1.82, 2.24) is 5.32 Å². The molecule has 1 amide bonds. The summed E-state index contributed by atoms with van der Waals surface area (Å²) in [6.45, 7) is 4.71. The lowest BCUT2D eigenvalue weighted by Crippen LogP contribution is -2.42. The fourth-order valence-electron chi connectivity index (χ4n) is 2.10. The minimum absolute atomic E-state index is 0.225. The molecule has 1 saturated heterocycles. The summed E-state index contributed by atoms with van der Waals surface area (Å²) in [6, 6.07) is 5.10. The van der Waals surface area contributed by atoms with Crippen LogP contribution < -0.4 is 10.6 Å². The SMILES string of the molecule is CNC(=O)c1cccc(NC=C2C(=O)OC(C)(C)OC2=O)c1C. The van der Waals surface area contributed by atoms with E-state index in [1.54, 1.807) is 32.2 Å². The van der Waals surface area contributed by atoms with Crippen LogP contribution >= 0.6 is 0 Å². The number of carbonyl (C=O) groups excluding carboxylic acids is 3. The lowest BCUT2D eigenvalue weighted by molar-refractivity contribution is -0.222. The largest absolute Gasteiger partial charge is 0.419 e. The molecule has 0 bridgehead atoms. The van der Waals surface area contributed by atoms with Gasteiger partial charge in [-0.25, -0.2) is 9.59 Å². The standard InChI is InChI=1S/C16H18N2O5/c1-9-10(13(19)17-4)6-5-7-12(9)18-8-11-14(20)22-16(2,3)23-15(11)21/h5-8,18H,1-4H3,(H,17,19). The lowest BCUT2D eigenvalue weighted by atomic mass is 10.1. The Morgan fingerprint density at radius 2 is 1.78 bits per heavy atom. The Morgan fingerprint density at radius 3 is 2.35 bits per heavy atom. The van der Waals surface area contributed by atoms with Crippen LogP contribution in [0.15, 0.2) is 30.0 Å². The number of nitrogens with one attached hydrogen (secondary N) is 2. The summed E-state index contributed by atoms with van der Waals surface area (Å²) < 4.78 is 10.0. The first kappa shape index (κ1) is 16.5. The molecule has 1 aliphatic rings. The highest BCUT2D eigenvalue weighted by molar-refractivity contribution is 6.15. The van der Waals surface area contributed by atoms with E-state index in [-0.39, 0.29) is 11.5 Å². The molecule has 1 aliphatic heterocycles. The number of esters is 2. The summed E-state index contributed by atoms with van der Waals surface area (Å²) >= 11 is 0. The van der Waals surface area contributed by atoms with Crippen molar-refractivity contribution in [2.75, 3.05) is 12.4 Å². The minimum atomic E-state index is -1.28. The van der Waals surface area contributed by atoms with E-state index in [1.807, 2.05) is 0 Å². The molecule has 1 heterocycles. The maximum Gasteiger partial charge on any atom is 0.350 e. The fraction of sp³-hybridized carbons (Fsp3) is 0.312. The van der Waals surface area contributed by atoms with Crippen molar-refractivity contribution in [3.8, 4) is 0 Å². The van der Waals surface area contributed by atoms with Gasteiger partial charge in [0.2, 0.25) is 0 Å². The van der Waals surface area contributed by atoms with Crippen molar-refractivity contribution in [1.29, 1.82) is 0 Å². The maximum absolute atomic E-state index is 11.9. The Balaban J connectivity index is 2.25. The molecule has 7 heteroatoms. The number of hydrogen-bond acceptors (Lipinski definition) is 6. The first-order chi connectivity index (χ1) is 10.7. The van der Waals surface area contributed by atoms with Gasteiger partial charge >= 0.3 is 11.9 Å². The van der Waals surface area contributed by atoms with Gasteiger partial charge in [-0.05, 0) is 24.6 Å². The van der Waals surface area contributed by atoms with Gasteiger partial charge in [0, 0.05) is 38.3 Å². The van der Waals surface area contributed by atoms with Crippen molar-refractivity contribution in [2.24, 2.45) is 0 Å². The zero-order chi connectivity index (χ0) is 17.2. The summed E-state index contributed by atoms with van der Waals surface area (Å²) in [5.74, 6) is -3.03. The molecular weight excluding hydrogens is 300 g/mol. The first-order valence-corrected chi connectivity index (χ1v) is 7.00. The fourth-order valence-corrected chi connectivity index (χ4v) is 2.10. The topological polar surface area (TPSA) is 93.7 Å². The molecule has 0 aliphatic carbocycles. The van der Waals surface area contributed by atoms with Crippen LogP contribution in [0.1, 0.15) is 29.8 Å². The third-order valence-electron chi connectivity index (χ3n) is 3.29. The number of anilines is 1. The van der Waals surface area contributed by atoms with Crippen LogP contribution in [-0.4, -0.2) is 30.7 Å². The average Bonchev–Trinajstić information content (AvgIpc) is 2.46. The Hall–Kier alpha value is -2.83. The maximum atomic E-state index is 11.9. The number of carbonyl (C=O) groups is 3. The van der Waals surface area contributed by atoms with E-state index in [0.29, 0.717) is 16.8 Å². The number of cyclic esters (lactones) is 2. The smallest absolute Gasteiger partial charge is 0.350 e. The van der Waals surface area contributed by atoms with Gasteiger partial charge in [-0.1, -0.05) is 6.07 Å².